The zero-order valence-electron chi connectivity index (χ0n) is 14.1. The van der Waals surface area contributed by atoms with Gasteiger partial charge in [-0.2, -0.15) is 0 Å². The van der Waals surface area contributed by atoms with Crippen LogP contribution in [0, 0.1) is 5.41 Å². The fraction of sp³-hybridized carbons (Fsp3) is 0.263. The van der Waals surface area contributed by atoms with E-state index in [0.717, 1.165) is 11.1 Å². The van der Waals surface area contributed by atoms with Gasteiger partial charge in [0.05, 0.1) is 0 Å². The highest BCUT2D eigenvalue weighted by Gasteiger charge is 2.21. The van der Waals surface area contributed by atoms with Crippen LogP contribution in [0.15, 0.2) is 54.6 Å². The number of para-hydroxylation sites is 1. The van der Waals surface area contributed by atoms with Gasteiger partial charge in [0.25, 0.3) is 5.91 Å². The molecule has 0 aromatic heterocycles. The molecule has 0 unspecified atom stereocenters. The van der Waals surface area contributed by atoms with Crippen molar-refractivity contribution in [3.63, 3.8) is 0 Å². The minimum absolute atomic E-state index is 0.186. The Kier molecular flexibility index (Phi) is 5.58. The highest BCUT2D eigenvalue weighted by atomic mass is 16.5. The van der Waals surface area contributed by atoms with Crippen LogP contribution in [0.25, 0.3) is 11.1 Å². The number of nitrogens with one attached hydrogen (secondary N) is 2. The molecule has 0 fully saturated rings. The van der Waals surface area contributed by atoms with Gasteiger partial charge < -0.3 is 4.74 Å². The van der Waals surface area contributed by atoms with Crippen LogP contribution in [0.3, 0.4) is 0 Å². The van der Waals surface area contributed by atoms with Gasteiger partial charge in [-0.05, 0) is 11.6 Å². The molecule has 0 saturated carbocycles. The second-order valence-electron chi connectivity index (χ2n) is 6.40. The lowest BCUT2D eigenvalue weighted by molar-refractivity contribution is -0.134. The van der Waals surface area contributed by atoms with Gasteiger partial charge in [-0.3, -0.25) is 20.4 Å². The maximum Gasteiger partial charge on any atom is 0.276 e. The number of benzene rings is 2. The number of hydrogen-bond acceptors (Lipinski definition) is 3. The second kappa shape index (κ2) is 7.64. The second-order valence-corrected chi connectivity index (χ2v) is 6.40. The van der Waals surface area contributed by atoms with Crippen molar-refractivity contribution < 1.29 is 14.3 Å². The molecule has 2 amide bonds. The molecule has 0 atom stereocenters. The fourth-order valence-corrected chi connectivity index (χ4v) is 1.94. The lowest BCUT2D eigenvalue weighted by Crippen LogP contribution is -2.48. The zero-order chi connectivity index (χ0) is 17.6. The van der Waals surface area contributed by atoms with Gasteiger partial charge in [-0.1, -0.05) is 69.3 Å². The van der Waals surface area contributed by atoms with E-state index in [9.17, 15) is 9.59 Å². The van der Waals surface area contributed by atoms with Crippen LogP contribution in [0.5, 0.6) is 5.75 Å². The third-order valence-corrected chi connectivity index (χ3v) is 3.33. The predicted molar refractivity (Wildman–Crippen MR) is 93.1 cm³/mol. The van der Waals surface area contributed by atoms with Crippen molar-refractivity contribution in [1.82, 2.24) is 10.9 Å². The summed E-state index contributed by atoms with van der Waals surface area (Å²) in [5.74, 6) is -0.0722. The lowest BCUT2D eigenvalue weighted by atomic mass is 9.96. The first-order valence-electron chi connectivity index (χ1n) is 7.74. The van der Waals surface area contributed by atoms with Crippen LogP contribution in [0.2, 0.25) is 0 Å². The normalized spacial score (nSPS) is 10.8. The van der Waals surface area contributed by atoms with Crippen molar-refractivity contribution in [1.29, 1.82) is 0 Å². The van der Waals surface area contributed by atoms with Crippen LogP contribution >= 0.6 is 0 Å². The summed E-state index contributed by atoms with van der Waals surface area (Å²) in [5.41, 5.74) is 6.08. The molecule has 0 radical (unpaired) electrons. The standard InChI is InChI=1S/C19H22N2O3/c1-19(2,3)18(23)21-20-17(22)13-24-16-12-8-7-11-15(16)14-9-5-4-6-10-14/h4-12H,13H2,1-3H3,(H,20,22)(H,21,23). The predicted octanol–water partition coefficient (Wildman–Crippen LogP) is 2.93. The largest absolute Gasteiger partial charge is 0.483 e. The average molecular weight is 326 g/mol. The van der Waals surface area contributed by atoms with Gasteiger partial charge in [-0.25, -0.2) is 0 Å². The summed E-state index contributed by atoms with van der Waals surface area (Å²) in [6, 6.07) is 17.3. The Morgan fingerprint density at radius 1 is 0.917 bits per heavy atom. The van der Waals surface area contributed by atoms with Crippen LogP contribution in [0.1, 0.15) is 20.8 Å². The summed E-state index contributed by atoms with van der Waals surface area (Å²) in [6.07, 6.45) is 0. The van der Waals surface area contributed by atoms with Crippen LogP contribution in [-0.4, -0.2) is 18.4 Å². The van der Waals surface area contributed by atoms with Gasteiger partial charge in [-0.15, -0.1) is 0 Å². The van der Waals surface area contributed by atoms with Crippen molar-refractivity contribution in [2.24, 2.45) is 5.41 Å². The first-order chi connectivity index (χ1) is 11.4. The molecule has 0 heterocycles. The minimum Gasteiger partial charge on any atom is -0.483 e. The lowest BCUT2D eigenvalue weighted by Gasteiger charge is -2.18. The molecule has 2 rings (SSSR count). The molecule has 0 spiro atoms. The van der Waals surface area contributed by atoms with Gasteiger partial charge in [0.15, 0.2) is 6.61 Å². The number of rotatable bonds is 4. The zero-order valence-corrected chi connectivity index (χ0v) is 14.1. The SMILES string of the molecule is CC(C)(C)C(=O)NNC(=O)COc1ccccc1-c1ccccc1. The molecule has 2 aromatic rings. The van der Waals surface area contributed by atoms with E-state index in [1.165, 1.54) is 0 Å². The summed E-state index contributed by atoms with van der Waals surface area (Å²) in [4.78, 5) is 23.6. The highest BCUT2D eigenvalue weighted by Crippen LogP contribution is 2.29. The van der Waals surface area contributed by atoms with E-state index in [2.05, 4.69) is 10.9 Å². The number of carbonyl (C=O) groups excluding carboxylic acids is 2. The summed E-state index contributed by atoms with van der Waals surface area (Å²) < 4.78 is 5.61. The van der Waals surface area contributed by atoms with Crippen LogP contribution in [0.4, 0.5) is 0 Å². The highest BCUT2D eigenvalue weighted by molar-refractivity contribution is 5.85. The van der Waals surface area contributed by atoms with Gasteiger partial charge in [0, 0.05) is 11.0 Å². The molecule has 2 aromatic carbocycles. The van der Waals surface area contributed by atoms with E-state index >= 15 is 0 Å². The number of hydrazine groups is 1. The first-order valence-corrected chi connectivity index (χ1v) is 7.74. The van der Waals surface area contributed by atoms with E-state index in [-0.39, 0.29) is 12.5 Å². The Hall–Kier alpha value is -2.82. The molecule has 126 valence electrons. The molecule has 5 heteroatoms. The van der Waals surface area contributed by atoms with Gasteiger partial charge in [0.1, 0.15) is 5.75 Å². The molecule has 24 heavy (non-hydrogen) atoms. The van der Waals surface area contributed by atoms with Crippen molar-refractivity contribution in [3.8, 4) is 16.9 Å². The maximum absolute atomic E-state index is 11.8. The van der Waals surface area contributed by atoms with Crippen molar-refractivity contribution in [3.05, 3.63) is 54.6 Å². The van der Waals surface area contributed by atoms with E-state index < -0.39 is 11.3 Å². The molecule has 0 aliphatic carbocycles. The third kappa shape index (κ3) is 4.84. The topological polar surface area (TPSA) is 67.4 Å². The molecule has 2 N–H and O–H groups in total. The summed E-state index contributed by atoms with van der Waals surface area (Å²) in [5, 5.41) is 0. The third-order valence-electron chi connectivity index (χ3n) is 3.33. The smallest absolute Gasteiger partial charge is 0.276 e. The molecule has 0 saturated heterocycles. The Balaban J connectivity index is 1.96. The van der Waals surface area contributed by atoms with Crippen molar-refractivity contribution in [2.75, 3.05) is 6.61 Å². The number of carbonyl (C=O) groups is 2. The monoisotopic (exact) mass is 326 g/mol. The number of ether oxygens (including phenoxy) is 1. The minimum atomic E-state index is -0.575. The first kappa shape index (κ1) is 17.5. The Morgan fingerprint density at radius 3 is 2.21 bits per heavy atom. The van der Waals surface area contributed by atoms with Gasteiger partial charge >= 0.3 is 0 Å². The van der Waals surface area contributed by atoms with E-state index in [0.29, 0.717) is 5.75 Å². The summed E-state index contributed by atoms with van der Waals surface area (Å²) >= 11 is 0. The Morgan fingerprint density at radius 2 is 1.54 bits per heavy atom. The average Bonchev–Trinajstić information content (AvgIpc) is 2.58. The van der Waals surface area contributed by atoms with E-state index in [4.69, 9.17) is 4.74 Å². The fourth-order valence-electron chi connectivity index (χ4n) is 1.94. The van der Waals surface area contributed by atoms with E-state index in [1.807, 2.05) is 54.6 Å². The maximum atomic E-state index is 11.8. The quantitative estimate of drug-likeness (QED) is 0.849. The Bertz CT molecular complexity index is 706. The summed E-state index contributed by atoms with van der Waals surface area (Å²) in [7, 11) is 0. The molecule has 0 aliphatic heterocycles. The Labute approximate surface area is 142 Å². The molecular formula is C19H22N2O3. The van der Waals surface area contributed by atoms with Gasteiger partial charge in [0.2, 0.25) is 5.91 Å². The molecule has 0 aliphatic rings. The summed E-state index contributed by atoms with van der Waals surface area (Å²) in [6.45, 7) is 5.11. The number of hydrogen-bond donors (Lipinski definition) is 2. The van der Waals surface area contributed by atoms with Crippen molar-refractivity contribution in [2.45, 2.75) is 20.8 Å². The van der Waals surface area contributed by atoms with E-state index in [1.54, 1.807) is 20.8 Å². The molecular weight excluding hydrogens is 304 g/mol. The molecule has 5 nitrogen and oxygen atoms in total. The molecule has 0 bridgehead atoms. The van der Waals surface area contributed by atoms with Crippen molar-refractivity contribution >= 4 is 11.8 Å². The van der Waals surface area contributed by atoms with Crippen LogP contribution in [-0.2, 0) is 9.59 Å². The van der Waals surface area contributed by atoms with Crippen LogP contribution < -0.4 is 15.6 Å². The number of amides is 2.